The van der Waals surface area contributed by atoms with E-state index < -0.39 is 50.3 Å². The number of urea groups is 1. The summed E-state index contributed by atoms with van der Waals surface area (Å²) in [6.07, 6.45) is -0.853. The Morgan fingerprint density at radius 2 is 0.917 bits per heavy atom. The maximum absolute atomic E-state index is 15.7. The Hall–Kier alpha value is -4.78. The van der Waals surface area contributed by atoms with Gasteiger partial charge in [-0.05, 0) is 47.2 Å². The molecule has 4 aromatic rings. The van der Waals surface area contributed by atoms with Gasteiger partial charge in [0.25, 0.3) is 11.4 Å². The van der Waals surface area contributed by atoms with E-state index in [1.165, 1.54) is 24.3 Å². The lowest BCUT2D eigenvalue weighted by atomic mass is 9.90. The quantitative estimate of drug-likeness (QED) is 0.0248. The van der Waals surface area contributed by atoms with E-state index in [1.54, 1.807) is 34.1 Å². The number of nitrogens with zero attached hydrogens (tertiary/aromatic N) is 4. The average Bonchev–Trinajstić information content (AvgIpc) is 3.27. The highest BCUT2D eigenvalue weighted by Crippen LogP contribution is 2.34. The van der Waals surface area contributed by atoms with Crippen molar-refractivity contribution in [1.29, 1.82) is 0 Å². The second kappa shape index (κ2) is 21.7. The zero-order valence-corrected chi connectivity index (χ0v) is 37.7. The fraction of sp³-hybridized carbons (Fsp3) is 0.444. The van der Waals surface area contributed by atoms with Gasteiger partial charge in [-0.25, -0.2) is 4.79 Å². The number of hydrogen-bond donors (Lipinski definition) is 0. The highest BCUT2D eigenvalue weighted by molar-refractivity contribution is 6.76. The standard InChI is InChI=1S/C45H60N4O9Si2/c1-59(2,3)25-23-55-33-57-43-41(29-35-15-9-7-10-16-35)46(31-37-19-13-21-39(27-37)48(51)52)45(50)47(32-38-20-14-22-40(28-38)49(53)54)42(30-36-17-11-8-12-18-36)44(43)58-34-56-24-26-60(4,5)6/h7-22,27-28,41-44H,23-26,29-34H2,1-6H3/t41-,42-,43+,44+/m1/s1. The summed E-state index contributed by atoms with van der Waals surface area (Å²) in [7, 11) is -2.86. The van der Waals surface area contributed by atoms with E-state index in [-0.39, 0.29) is 44.1 Å². The Morgan fingerprint density at radius 1 is 0.550 bits per heavy atom. The summed E-state index contributed by atoms with van der Waals surface area (Å²) < 4.78 is 26.1. The van der Waals surface area contributed by atoms with Crippen molar-refractivity contribution in [3.63, 3.8) is 0 Å². The first-order valence-electron chi connectivity index (χ1n) is 20.6. The molecule has 0 spiro atoms. The van der Waals surface area contributed by atoms with Crippen molar-refractivity contribution in [3.8, 4) is 0 Å². The van der Waals surface area contributed by atoms with Gasteiger partial charge >= 0.3 is 6.03 Å². The zero-order valence-electron chi connectivity index (χ0n) is 35.7. The molecule has 4 atom stereocenters. The lowest BCUT2D eigenvalue weighted by molar-refractivity contribution is -0.385. The minimum Gasteiger partial charge on any atom is -0.356 e. The van der Waals surface area contributed by atoms with Crippen LogP contribution in [0.4, 0.5) is 16.2 Å². The van der Waals surface area contributed by atoms with Crippen LogP contribution in [0.25, 0.3) is 0 Å². The number of nitro groups is 2. The third kappa shape index (κ3) is 14.2. The van der Waals surface area contributed by atoms with E-state index in [1.807, 2.05) is 60.7 Å². The molecule has 0 aliphatic carbocycles. The fourth-order valence-electron chi connectivity index (χ4n) is 7.24. The fourth-order valence-corrected chi connectivity index (χ4v) is 8.76. The number of hydrogen-bond acceptors (Lipinski definition) is 9. The van der Waals surface area contributed by atoms with Crippen molar-refractivity contribution in [2.24, 2.45) is 0 Å². The highest BCUT2D eigenvalue weighted by atomic mass is 28.3. The molecule has 5 rings (SSSR count). The molecule has 4 aromatic carbocycles. The van der Waals surface area contributed by atoms with Crippen LogP contribution in [0.15, 0.2) is 109 Å². The number of ether oxygens (including phenoxy) is 4. The molecular formula is C45H60N4O9Si2. The number of nitro benzene ring substituents is 2. The number of amides is 2. The van der Waals surface area contributed by atoms with Crippen LogP contribution in [0.1, 0.15) is 22.3 Å². The van der Waals surface area contributed by atoms with E-state index in [0.29, 0.717) is 37.2 Å². The summed E-state index contributed by atoms with van der Waals surface area (Å²) in [6, 6.07) is 32.4. The van der Waals surface area contributed by atoms with E-state index >= 15 is 4.79 Å². The summed E-state index contributed by atoms with van der Waals surface area (Å²) in [4.78, 5) is 42.1. The minimum absolute atomic E-state index is 0.0112. The van der Waals surface area contributed by atoms with Crippen molar-refractivity contribution >= 4 is 33.6 Å². The molecule has 0 radical (unpaired) electrons. The average molecular weight is 857 g/mol. The number of benzene rings is 4. The second-order valence-corrected chi connectivity index (χ2v) is 29.1. The molecule has 0 bridgehead atoms. The first kappa shape index (κ1) is 46.3. The van der Waals surface area contributed by atoms with Crippen molar-refractivity contribution in [1.82, 2.24) is 9.80 Å². The van der Waals surface area contributed by atoms with Crippen LogP contribution in [0.5, 0.6) is 0 Å². The predicted octanol–water partition coefficient (Wildman–Crippen LogP) is 9.56. The van der Waals surface area contributed by atoms with Crippen molar-refractivity contribution in [2.45, 2.75) is 102 Å². The van der Waals surface area contributed by atoms with Gasteiger partial charge in [0, 0.05) is 66.7 Å². The summed E-state index contributed by atoms with van der Waals surface area (Å²) in [5, 5.41) is 23.9. The largest absolute Gasteiger partial charge is 0.356 e. The van der Waals surface area contributed by atoms with Gasteiger partial charge < -0.3 is 28.7 Å². The van der Waals surface area contributed by atoms with Crippen molar-refractivity contribution < 1.29 is 33.6 Å². The number of carbonyl (C=O) groups is 1. The van der Waals surface area contributed by atoms with Crippen LogP contribution < -0.4 is 0 Å². The Kier molecular flexibility index (Phi) is 16.7. The zero-order chi connectivity index (χ0) is 43.3. The van der Waals surface area contributed by atoms with Crippen molar-refractivity contribution in [2.75, 3.05) is 26.8 Å². The van der Waals surface area contributed by atoms with E-state index in [0.717, 1.165) is 23.2 Å². The molecule has 1 heterocycles. The first-order chi connectivity index (χ1) is 28.6. The van der Waals surface area contributed by atoms with E-state index in [2.05, 4.69) is 39.3 Å². The van der Waals surface area contributed by atoms with Gasteiger partial charge in [-0.1, -0.05) is 124 Å². The Labute approximate surface area is 355 Å². The maximum Gasteiger partial charge on any atom is 0.321 e. The molecule has 1 aliphatic heterocycles. The number of carbonyl (C=O) groups excluding carboxylic acids is 1. The predicted molar refractivity (Wildman–Crippen MR) is 238 cm³/mol. The first-order valence-corrected chi connectivity index (χ1v) is 28.0. The van der Waals surface area contributed by atoms with Crippen LogP contribution in [0, 0.1) is 20.2 Å². The molecule has 15 heteroatoms. The summed E-state index contributed by atoms with van der Waals surface area (Å²) in [6.45, 7) is 14.6. The van der Waals surface area contributed by atoms with Gasteiger partial charge in [0.2, 0.25) is 0 Å². The number of rotatable bonds is 22. The summed E-state index contributed by atoms with van der Waals surface area (Å²) >= 11 is 0. The molecule has 0 unspecified atom stereocenters. The SMILES string of the molecule is C[Si](C)(C)CCOCO[C@@H]1[C@@H](OCOCC[Si](C)(C)C)[C@@H](Cc2ccccc2)N(Cc2cccc([N+](=O)[O-])c2)C(=O)N(Cc2cccc([N+](=O)[O-])c2)[C@@H]1Cc1ccccc1. The molecule has 60 heavy (non-hydrogen) atoms. The lowest BCUT2D eigenvalue weighted by Gasteiger charge is -2.38. The van der Waals surface area contributed by atoms with Crippen LogP contribution in [0.2, 0.25) is 51.4 Å². The van der Waals surface area contributed by atoms with Gasteiger partial charge in [0.05, 0.1) is 21.9 Å². The van der Waals surface area contributed by atoms with E-state index in [4.69, 9.17) is 18.9 Å². The van der Waals surface area contributed by atoms with Crippen LogP contribution in [-0.4, -0.2) is 92.9 Å². The summed E-state index contributed by atoms with van der Waals surface area (Å²) in [5.74, 6) is 0. The van der Waals surface area contributed by atoms with Crippen LogP contribution >= 0.6 is 0 Å². The topological polar surface area (TPSA) is 147 Å². The normalized spacial score (nSPS) is 18.7. The third-order valence-corrected chi connectivity index (χ3v) is 14.0. The molecule has 0 saturated carbocycles. The van der Waals surface area contributed by atoms with Gasteiger partial charge in [0.1, 0.15) is 25.8 Å². The lowest BCUT2D eigenvalue weighted by Crippen LogP contribution is -2.53. The van der Waals surface area contributed by atoms with Gasteiger partial charge in [-0.2, -0.15) is 0 Å². The third-order valence-electron chi connectivity index (χ3n) is 10.6. The number of non-ortho nitro benzene ring substituents is 2. The minimum atomic E-state index is -1.43. The monoisotopic (exact) mass is 856 g/mol. The smallest absolute Gasteiger partial charge is 0.321 e. The molecule has 1 aliphatic rings. The Balaban J connectivity index is 1.69. The molecule has 0 N–H and O–H groups in total. The summed E-state index contributed by atoms with van der Waals surface area (Å²) in [5.41, 5.74) is 2.83. The molecular weight excluding hydrogens is 797 g/mol. The van der Waals surface area contributed by atoms with Gasteiger partial charge in [0.15, 0.2) is 0 Å². The van der Waals surface area contributed by atoms with Crippen LogP contribution in [-0.2, 0) is 44.9 Å². The molecule has 2 amide bonds. The molecule has 0 aromatic heterocycles. The Bertz CT molecular complexity index is 1850. The van der Waals surface area contributed by atoms with Crippen LogP contribution in [0.3, 0.4) is 0 Å². The molecule has 1 fully saturated rings. The molecule has 322 valence electrons. The Morgan fingerprint density at radius 3 is 1.27 bits per heavy atom. The highest BCUT2D eigenvalue weighted by Gasteiger charge is 2.49. The maximum atomic E-state index is 15.7. The van der Waals surface area contributed by atoms with E-state index in [9.17, 15) is 20.2 Å². The molecule has 13 nitrogen and oxygen atoms in total. The molecule has 1 saturated heterocycles. The van der Waals surface area contributed by atoms with Gasteiger partial charge in [-0.3, -0.25) is 20.2 Å². The van der Waals surface area contributed by atoms with Crippen molar-refractivity contribution in [3.05, 3.63) is 152 Å². The second-order valence-electron chi connectivity index (χ2n) is 17.8. The van der Waals surface area contributed by atoms with Gasteiger partial charge in [-0.15, -0.1) is 0 Å².